The molecule has 3 aromatic rings. The Balaban J connectivity index is 1.83. The molecule has 0 saturated heterocycles. The summed E-state index contributed by atoms with van der Waals surface area (Å²) in [6.07, 6.45) is 2.88. The Kier molecular flexibility index (Phi) is 6.91. The molecular formula is C26H29N3O2. The number of ketones is 1. The number of aromatic amines is 1. The fraction of sp³-hybridized carbons (Fsp3) is 0.346. The number of nitriles is 1. The van der Waals surface area contributed by atoms with Gasteiger partial charge in [-0.05, 0) is 46.9 Å². The number of rotatable bonds is 8. The maximum absolute atomic E-state index is 12.8. The van der Waals surface area contributed by atoms with Crippen LogP contribution in [0.3, 0.4) is 0 Å². The van der Waals surface area contributed by atoms with Crippen LogP contribution in [-0.2, 0) is 16.0 Å². The van der Waals surface area contributed by atoms with Crippen molar-refractivity contribution in [3.63, 3.8) is 0 Å². The fourth-order valence-electron chi connectivity index (χ4n) is 3.73. The first kappa shape index (κ1) is 22.3. The molecule has 3 rings (SSSR count). The van der Waals surface area contributed by atoms with Crippen molar-refractivity contribution in [2.75, 3.05) is 0 Å². The zero-order valence-corrected chi connectivity index (χ0v) is 18.5. The second-order valence-electron chi connectivity index (χ2n) is 8.43. The second kappa shape index (κ2) is 9.61. The first-order valence-corrected chi connectivity index (χ1v) is 10.8. The number of hydrogen-bond donors (Lipinski definition) is 2. The summed E-state index contributed by atoms with van der Waals surface area (Å²) < 4.78 is 0. The molecule has 2 aromatic carbocycles. The van der Waals surface area contributed by atoms with Gasteiger partial charge in [0.2, 0.25) is 5.91 Å². The third kappa shape index (κ3) is 5.03. The van der Waals surface area contributed by atoms with Gasteiger partial charge in [0.1, 0.15) is 0 Å². The summed E-state index contributed by atoms with van der Waals surface area (Å²) in [6, 6.07) is 15.2. The summed E-state index contributed by atoms with van der Waals surface area (Å²) >= 11 is 0. The lowest BCUT2D eigenvalue weighted by Crippen LogP contribution is -2.47. The van der Waals surface area contributed by atoms with Crippen molar-refractivity contribution in [3.8, 4) is 17.2 Å². The molecule has 0 aliphatic rings. The van der Waals surface area contributed by atoms with Gasteiger partial charge in [0, 0.05) is 23.0 Å². The lowest BCUT2D eigenvalue weighted by atomic mass is 9.90. The van der Waals surface area contributed by atoms with E-state index in [-0.39, 0.29) is 29.9 Å². The van der Waals surface area contributed by atoms with Crippen LogP contribution in [0.5, 0.6) is 0 Å². The predicted octanol–water partition coefficient (Wildman–Crippen LogP) is 5.01. The molecule has 2 N–H and O–H groups in total. The molecule has 5 heteroatoms. The molecule has 0 aliphatic carbocycles. The molecule has 31 heavy (non-hydrogen) atoms. The van der Waals surface area contributed by atoms with Crippen LogP contribution in [0.15, 0.2) is 48.7 Å². The average molecular weight is 416 g/mol. The van der Waals surface area contributed by atoms with Gasteiger partial charge >= 0.3 is 0 Å². The Morgan fingerprint density at radius 2 is 1.74 bits per heavy atom. The predicted molar refractivity (Wildman–Crippen MR) is 123 cm³/mol. The minimum absolute atomic E-state index is 0.0738. The molecule has 0 saturated carbocycles. The molecule has 0 spiro atoms. The van der Waals surface area contributed by atoms with E-state index in [1.165, 1.54) is 0 Å². The van der Waals surface area contributed by atoms with Crippen LogP contribution >= 0.6 is 0 Å². The molecule has 2 atom stereocenters. The normalized spacial score (nSPS) is 13.0. The van der Waals surface area contributed by atoms with E-state index in [0.717, 1.165) is 34.0 Å². The summed E-state index contributed by atoms with van der Waals surface area (Å²) in [7, 11) is 0. The van der Waals surface area contributed by atoms with Gasteiger partial charge in [-0.1, -0.05) is 52.3 Å². The Morgan fingerprint density at radius 3 is 2.35 bits per heavy atom. The number of fused-ring (bicyclic) bond motifs is 1. The Hall–Kier alpha value is -3.39. The van der Waals surface area contributed by atoms with E-state index >= 15 is 0 Å². The minimum Gasteiger partial charge on any atom is -0.361 e. The summed E-state index contributed by atoms with van der Waals surface area (Å²) in [5.41, 5.74) is 4.50. The largest absolute Gasteiger partial charge is 0.361 e. The van der Waals surface area contributed by atoms with Crippen LogP contribution < -0.4 is 5.32 Å². The number of amides is 1. The smallest absolute Gasteiger partial charge is 0.225 e. The first-order chi connectivity index (χ1) is 14.8. The van der Waals surface area contributed by atoms with Gasteiger partial charge in [0.05, 0.1) is 24.1 Å². The van der Waals surface area contributed by atoms with Crippen LogP contribution in [0.2, 0.25) is 0 Å². The van der Waals surface area contributed by atoms with Crippen LogP contribution in [0.1, 0.15) is 45.2 Å². The van der Waals surface area contributed by atoms with Crippen LogP contribution in [0.25, 0.3) is 22.0 Å². The highest BCUT2D eigenvalue weighted by atomic mass is 16.2. The topological polar surface area (TPSA) is 85.8 Å². The maximum atomic E-state index is 12.8. The maximum Gasteiger partial charge on any atom is 0.225 e. The van der Waals surface area contributed by atoms with E-state index in [9.17, 15) is 9.59 Å². The number of aromatic nitrogens is 1. The van der Waals surface area contributed by atoms with Crippen molar-refractivity contribution in [2.45, 2.75) is 46.6 Å². The van der Waals surface area contributed by atoms with Gasteiger partial charge in [-0.25, -0.2) is 0 Å². The van der Waals surface area contributed by atoms with Gasteiger partial charge < -0.3 is 10.3 Å². The zero-order chi connectivity index (χ0) is 22.5. The quantitative estimate of drug-likeness (QED) is 0.542. The minimum atomic E-state index is -0.461. The Morgan fingerprint density at radius 1 is 1.06 bits per heavy atom. The van der Waals surface area contributed by atoms with E-state index in [0.29, 0.717) is 5.56 Å². The number of carbonyl (C=O) groups is 2. The van der Waals surface area contributed by atoms with Gasteiger partial charge in [-0.3, -0.25) is 9.59 Å². The van der Waals surface area contributed by atoms with Crippen molar-refractivity contribution in [1.29, 1.82) is 5.26 Å². The molecule has 0 radical (unpaired) electrons. The SMILES string of the molecule is CC[C@H](C)[C@H](NC(=O)Cc1c[nH]c2ccc(-c3ccc(C#N)cc3)cc12)C(=O)C(C)C. The summed E-state index contributed by atoms with van der Waals surface area (Å²) in [5.74, 6) is -0.110. The molecule has 5 nitrogen and oxygen atoms in total. The molecule has 1 heterocycles. The highest BCUT2D eigenvalue weighted by Crippen LogP contribution is 2.27. The molecule has 0 fully saturated rings. The first-order valence-electron chi connectivity index (χ1n) is 10.8. The highest BCUT2D eigenvalue weighted by molar-refractivity contribution is 5.94. The zero-order valence-electron chi connectivity index (χ0n) is 18.5. The summed E-state index contributed by atoms with van der Waals surface area (Å²) in [5, 5.41) is 13.0. The highest BCUT2D eigenvalue weighted by Gasteiger charge is 2.27. The molecular weight excluding hydrogens is 386 g/mol. The van der Waals surface area contributed by atoms with E-state index in [4.69, 9.17) is 5.26 Å². The third-order valence-electron chi connectivity index (χ3n) is 5.87. The summed E-state index contributed by atoms with van der Waals surface area (Å²) in [6.45, 7) is 7.77. The van der Waals surface area contributed by atoms with Crippen molar-refractivity contribution in [3.05, 3.63) is 59.8 Å². The number of hydrogen-bond acceptors (Lipinski definition) is 3. The third-order valence-corrected chi connectivity index (χ3v) is 5.87. The number of carbonyl (C=O) groups excluding carboxylic acids is 2. The molecule has 1 amide bonds. The van der Waals surface area contributed by atoms with Crippen molar-refractivity contribution < 1.29 is 9.59 Å². The molecule has 160 valence electrons. The number of nitrogens with zero attached hydrogens (tertiary/aromatic N) is 1. The number of nitrogens with one attached hydrogen (secondary N) is 2. The van der Waals surface area contributed by atoms with Gasteiger partial charge in [0.25, 0.3) is 0 Å². The van der Waals surface area contributed by atoms with E-state index in [2.05, 4.69) is 22.4 Å². The lowest BCUT2D eigenvalue weighted by Gasteiger charge is -2.24. The van der Waals surface area contributed by atoms with E-state index in [1.807, 2.05) is 58.2 Å². The van der Waals surface area contributed by atoms with Gasteiger partial charge in [-0.15, -0.1) is 0 Å². The summed E-state index contributed by atoms with van der Waals surface area (Å²) in [4.78, 5) is 28.7. The Labute approximate surface area is 183 Å². The molecule has 0 aliphatic heterocycles. The van der Waals surface area contributed by atoms with Gasteiger partial charge in [-0.2, -0.15) is 5.26 Å². The number of Topliss-reactive ketones (excluding diaryl/α,β-unsaturated/α-hetero) is 1. The molecule has 0 unspecified atom stereocenters. The Bertz CT molecular complexity index is 1120. The number of benzene rings is 2. The van der Waals surface area contributed by atoms with E-state index < -0.39 is 6.04 Å². The molecule has 0 bridgehead atoms. The van der Waals surface area contributed by atoms with Crippen molar-refractivity contribution in [2.24, 2.45) is 11.8 Å². The van der Waals surface area contributed by atoms with Crippen LogP contribution in [-0.4, -0.2) is 22.7 Å². The van der Waals surface area contributed by atoms with Crippen molar-refractivity contribution >= 4 is 22.6 Å². The average Bonchev–Trinajstić information content (AvgIpc) is 3.18. The number of H-pyrrole nitrogens is 1. The second-order valence-corrected chi connectivity index (χ2v) is 8.43. The molecule has 1 aromatic heterocycles. The lowest BCUT2D eigenvalue weighted by molar-refractivity contribution is -0.130. The van der Waals surface area contributed by atoms with Crippen LogP contribution in [0.4, 0.5) is 0 Å². The van der Waals surface area contributed by atoms with Crippen molar-refractivity contribution in [1.82, 2.24) is 10.3 Å². The van der Waals surface area contributed by atoms with Crippen LogP contribution in [0, 0.1) is 23.2 Å². The van der Waals surface area contributed by atoms with E-state index in [1.54, 1.807) is 12.1 Å². The van der Waals surface area contributed by atoms with Gasteiger partial charge in [0.15, 0.2) is 5.78 Å². The monoisotopic (exact) mass is 415 g/mol. The standard InChI is InChI=1S/C26H29N3O2/c1-5-17(4)25(26(31)16(2)3)29-24(30)13-21-15-28-23-11-10-20(12-22(21)23)19-8-6-18(14-27)7-9-19/h6-12,15-17,25,28H,5,13H2,1-4H3,(H,29,30)/t17-,25-/m0/s1. The fourth-order valence-corrected chi connectivity index (χ4v) is 3.73.